The van der Waals surface area contributed by atoms with Gasteiger partial charge in [-0.05, 0) is 0 Å². The van der Waals surface area contributed by atoms with E-state index < -0.39 is 17.6 Å². The Kier molecular flexibility index (Phi) is 2.13. The average molecular weight is 179 g/mol. The molecule has 1 aromatic rings. The molecule has 0 aliphatic rings. The second-order valence-electron chi connectivity index (χ2n) is 1.86. The molecular weight excluding hydrogens is 175 g/mol. The van der Waals surface area contributed by atoms with E-state index in [0.29, 0.717) is 6.20 Å². The average Bonchev–Trinajstić information content (AvgIpc) is 2.03. The van der Waals surface area contributed by atoms with E-state index in [1.807, 2.05) is 0 Å². The second-order valence-corrected chi connectivity index (χ2v) is 1.86. The first-order valence-corrected chi connectivity index (χ1v) is 2.79. The molecule has 0 aromatic carbocycles. The summed E-state index contributed by atoms with van der Waals surface area (Å²) < 4.78 is 36.1. The van der Waals surface area contributed by atoms with Crippen LogP contribution in [-0.2, 0) is 6.18 Å². The Labute approximate surface area is 65.1 Å². The summed E-state index contributed by atoms with van der Waals surface area (Å²) in [5, 5.41) is 0. The van der Waals surface area contributed by atoms with Crippen LogP contribution in [0.15, 0.2) is 12.5 Å². The first kappa shape index (κ1) is 8.72. The fraction of sp³-hybridized carbons (Fsp3) is 0.200. The van der Waals surface area contributed by atoms with Gasteiger partial charge in [-0.25, -0.2) is 4.98 Å². The molecule has 4 nitrogen and oxygen atoms in total. The summed E-state index contributed by atoms with van der Waals surface area (Å²) in [5.74, 6) is 3.87. The maximum absolute atomic E-state index is 12.0. The first-order chi connectivity index (χ1) is 5.55. The van der Waals surface area contributed by atoms with Crippen molar-refractivity contribution in [2.75, 3.05) is 0 Å². The molecule has 0 aliphatic carbocycles. The van der Waals surface area contributed by atoms with Gasteiger partial charge in [0, 0.05) is 6.20 Å². The van der Waals surface area contributed by atoms with E-state index in [0.717, 1.165) is 6.33 Å². The highest BCUT2D eigenvalue weighted by Crippen LogP contribution is 2.33. The Hall–Kier alpha value is -1.37. The van der Waals surface area contributed by atoms with Crippen LogP contribution in [0.5, 0.6) is 5.88 Å². The number of nitrogens with two attached hydrogens (primary N) is 1. The lowest BCUT2D eigenvalue weighted by Crippen LogP contribution is -2.13. The molecule has 0 bridgehead atoms. The molecule has 0 atom stereocenters. The third-order valence-electron chi connectivity index (χ3n) is 1.09. The third kappa shape index (κ3) is 1.62. The number of aromatic nitrogens is 2. The van der Waals surface area contributed by atoms with Crippen molar-refractivity contribution in [3.63, 3.8) is 0 Å². The summed E-state index contributed by atoms with van der Waals surface area (Å²) in [5.41, 5.74) is -1.09. The van der Waals surface area contributed by atoms with E-state index in [9.17, 15) is 13.2 Å². The van der Waals surface area contributed by atoms with Crippen LogP contribution in [0, 0.1) is 0 Å². The van der Waals surface area contributed by atoms with Crippen LogP contribution in [0.25, 0.3) is 0 Å². The van der Waals surface area contributed by atoms with E-state index in [-0.39, 0.29) is 0 Å². The van der Waals surface area contributed by atoms with Crippen molar-refractivity contribution in [2.24, 2.45) is 5.90 Å². The first-order valence-electron chi connectivity index (χ1n) is 2.79. The van der Waals surface area contributed by atoms with E-state index in [1.54, 1.807) is 0 Å². The zero-order chi connectivity index (χ0) is 9.19. The predicted molar refractivity (Wildman–Crippen MR) is 31.8 cm³/mol. The molecule has 1 heterocycles. The van der Waals surface area contributed by atoms with Gasteiger partial charge in [0.1, 0.15) is 11.9 Å². The minimum atomic E-state index is -4.55. The zero-order valence-corrected chi connectivity index (χ0v) is 5.67. The number of alkyl halides is 3. The van der Waals surface area contributed by atoms with Gasteiger partial charge in [0.15, 0.2) is 0 Å². The second kappa shape index (κ2) is 2.94. The summed E-state index contributed by atoms with van der Waals surface area (Å²) in [4.78, 5) is 10.3. The predicted octanol–water partition coefficient (Wildman–Crippen LogP) is 0.748. The third-order valence-corrected chi connectivity index (χ3v) is 1.09. The van der Waals surface area contributed by atoms with Crippen molar-refractivity contribution in [3.05, 3.63) is 18.1 Å². The van der Waals surface area contributed by atoms with Crippen LogP contribution in [0.3, 0.4) is 0 Å². The van der Waals surface area contributed by atoms with Crippen molar-refractivity contribution in [1.29, 1.82) is 0 Å². The fourth-order valence-corrected chi connectivity index (χ4v) is 0.607. The van der Waals surface area contributed by atoms with E-state index in [1.165, 1.54) is 0 Å². The van der Waals surface area contributed by atoms with Crippen molar-refractivity contribution in [2.45, 2.75) is 6.18 Å². The molecule has 0 aliphatic heterocycles. The molecule has 0 saturated heterocycles. The highest BCUT2D eigenvalue weighted by molar-refractivity contribution is 5.24. The lowest BCUT2D eigenvalue weighted by atomic mass is 10.3. The van der Waals surface area contributed by atoms with Gasteiger partial charge in [-0.15, -0.1) is 0 Å². The molecule has 1 rings (SSSR count). The molecule has 0 saturated carbocycles. The normalized spacial score (nSPS) is 11.3. The minimum Gasteiger partial charge on any atom is -0.390 e. The van der Waals surface area contributed by atoms with Gasteiger partial charge in [-0.2, -0.15) is 24.1 Å². The monoisotopic (exact) mass is 179 g/mol. The molecule has 7 heteroatoms. The van der Waals surface area contributed by atoms with Crippen molar-refractivity contribution in [1.82, 2.24) is 9.97 Å². The maximum atomic E-state index is 12.0. The summed E-state index contributed by atoms with van der Waals surface area (Å²) in [6, 6.07) is 0. The number of halogens is 3. The summed E-state index contributed by atoms with van der Waals surface area (Å²) >= 11 is 0. The maximum Gasteiger partial charge on any atom is 0.423 e. The number of hydrogen-bond acceptors (Lipinski definition) is 4. The van der Waals surface area contributed by atoms with Crippen LogP contribution in [0.2, 0.25) is 0 Å². The van der Waals surface area contributed by atoms with Gasteiger partial charge in [0.25, 0.3) is 5.88 Å². The number of hydrogen-bond donors (Lipinski definition) is 1. The summed E-state index contributed by atoms with van der Waals surface area (Å²) in [6.07, 6.45) is -3.04. The number of rotatable bonds is 1. The van der Waals surface area contributed by atoms with Gasteiger partial charge < -0.3 is 4.84 Å². The summed E-state index contributed by atoms with van der Waals surface area (Å²) in [7, 11) is 0. The Bertz CT molecular complexity index is 275. The molecule has 0 unspecified atom stereocenters. The standard InChI is InChI=1S/C5H4F3N3O/c6-5(7,8)3-1-10-2-11-4(3)12-9/h1-2H,9H2. The molecule has 2 N–H and O–H groups in total. The molecule has 0 amide bonds. The van der Waals surface area contributed by atoms with Crippen LogP contribution in [-0.4, -0.2) is 9.97 Å². The minimum absolute atomic E-state index is 0.592. The van der Waals surface area contributed by atoms with Gasteiger partial charge in [0.2, 0.25) is 0 Å². The van der Waals surface area contributed by atoms with Crippen LogP contribution in [0.1, 0.15) is 5.56 Å². The van der Waals surface area contributed by atoms with Crippen LogP contribution in [0.4, 0.5) is 13.2 Å². The highest BCUT2D eigenvalue weighted by atomic mass is 19.4. The van der Waals surface area contributed by atoms with Crippen molar-refractivity contribution < 1.29 is 18.0 Å². The summed E-state index contributed by atoms with van der Waals surface area (Å²) in [6.45, 7) is 0. The smallest absolute Gasteiger partial charge is 0.390 e. The van der Waals surface area contributed by atoms with Gasteiger partial charge >= 0.3 is 6.18 Å². The molecule has 0 spiro atoms. The van der Waals surface area contributed by atoms with E-state index in [2.05, 4.69) is 20.7 Å². The molecule has 66 valence electrons. The van der Waals surface area contributed by atoms with E-state index >= 15 is 0 Å². The molecule has 0 radical (unpaired) electrons. The Morgan fingerprint density at radius 2 is 2.08 bits per heavy atom. The topological polar surface area (TPSA) is 61.0 Å². The quantitative estimate of drug-likeness (QED) is 0.646. The largest absolute Gasteiger partial charge is 0.423 e. The van der Waals surface area contributed by atoms with E-state index in [4.69, 9.17) is 0 Å². The molecule has 0 fully saturated rings. The SMILES string of the molecule is NOc1ncncc1C(F)(F)F. The van der Waals surface area contributed by atoms with Gasteiger partial charge in [0.05, 0.1) is 0 Å². The van der Waals surface area contributed by atoms with Gasteiger partial charge in [-0.3, -0.25) is 0 Å². The van der Waals surface area contributed by atoms with Crippen LogP contribution >= 0.6 is 0 Å². The Morgan fingerprint density at radius 1 is 1.42 bits per heavy atom. The Morgan fingerprint density at radius 3 is 2.50 bits per heavy atom. The Balaban J connectivity index is 3.14. The zero-order valence-electron chi connectivity index (χ0n) is 5.67. The van der Waals surface area contributed by atoms with Crippen molar-refractivity contribution in [3.8, 4) is 5.88 Å². The lowest BCUT2D eigenvalue weighted by Gasteiger charge is -2.07. The molecule has 1 aromatic heterocycles. The molecular formula is C5H4F3N3O. The highest BCUT2D eigenvalue weighted by Gasteiger charge is 2.35. The lowest BCUT2D eigenvalue weighted by molar-refractivity contribution is -0.139. The van der Waals surface area contributed by atoms with Crippen molar-refractivity contribution >= 4 is 0 Å². The molecule has 12 heavy (non-hydrogen) atoms. The van der Waals surface area contributed by atoms with Crippen LogP contribution < -0.4 is 10.7 Å². The fourth-order valence-electron chi connectivity index (χ4n) is 0.607. The van der Waals surface area contributed by atoms with Gasteiger partial charge in [-0.1, -0.05) is 0 Å². The number of nitrogens with zero attached hydrogens (tertiary/aromatic N) is 2.